The Morgan fingerprint density at radius 1 is 1.25 bits per heavy atom. The SMILES string of the molecule is CC(C)(C)OC(=O)NC(Cc1cc(F)ccc1F)CS(=O)(=O)NCCCCN. The molecule has 0 radical (unpaired) electrons. The fourth-order valence-corrected chi connectivity index (χ4v) is 3.72. The smallest absolute Gasteiger partial charge is 0.407 e. The summed E-state index contributed by atoms with van der Waals surface area (Å²) in [7, 11) is -3.77. The van der Waals surface area contributed by atoms with Crippen molar-refractivity contribution >= 4 is 16.1 Å². The quantitative estimate of drug-likeness (QED) is 0.501. The van der Waals surface area contributed by atoms with Crippen molar-refractivity contribution in [3.8, 4) is 0 Å². The molecule has 28 heavy (non-hydrogen) atoms. The normalized spacial score (nSPS) is 13.2. The summed E-state index contributed by atoms with van der Waals surface area (Å²) in [5, 5.41) is 2.44. The molecule has 0 saturated heterocycles. The van der Waals surface area contributed by atoms with E-state index in [1.54, 1.807) is 20.8 Å². The maximum Gasteiger partial charge on any atom is 0.407 e. The Morgan fingerprint density at radius 2 is 1.93 bits per heavy atom. The molecule has 1 aromatic rings. The number of carbonyl (C=O) groups excluding carboxylic acids is 1. The Kier molecular flexibility index (Phi) is 9.25. The van der Waals surface area contributed by atoms with Crippen LogP contribution in [0.2, 0.25) is 0 Å². The number of unbranched alkanes of at least 4 members (excludes halogenated alkanes) is 1. The maximum absolute atomic E-state index is 14.0. The molecule has 7 nitrogen and oxygen atoms in total. The molecule has 0 aliphatic carbocycles. The number of sulfonamides is 1. The van der Waals surface area contributed by atoms with E-state index in [2.05, 4.69) is 10.0 Å². The van der Waals surface area contributed by atoms with Gasteiger partial charge in [0.25, 0.3) is 0 Å². The van der Waals surface area contributed by atoms with Crippen molar-refractivity contribution in [2.75, 3.05) is 18.8 Å². The molecular weight excluding hydrogens is 392 g/mol. The van der Waals surface area contributed by atoms with Gasteiger partial charge in [0.1, 0.15) is 17.2 Å². The molecule has 0 saturated carbocycles. The number of ether oxygens (including phenoxy) is 1. The molecule has 10 heteroatoms. The van der Waals surface area contributed by atoms with E-state index in [-0.39, 0.29) is 18.5 Å². The predicted molar refractivity (Wildman–Crippen MR) is 103 cm³/mol. The molecule has 0 bridgehead atoms. The third kappa shape index (κ3) is 9.95. The van der Waals surface area contributed by atoms with Crippen LogP contribution >= 0.6 is 0 Å². The topological polar surface area (TPSA) is 111 Å². The summed E-state index contributed by atoms with van der Waals surface area (Å²) >= 11 is 0. The lowest BCUT2D eigenvalue weighted by molar-refractivity contribution is 0.0509. The van der Waals surface area contributed by atoms with Gasteiger partial charge in [0, 0.05) is 6.54 Å². The van der Waals surface area contributed by atoms with Gasteiger partial charge in [0.05, 0.1) is 11.8 Å². The third-order valence-corrected chi connectivity index (χ3v) is 5.05. The summed E-state index contributed by atoms with van der Waals surface area (Å²) in [6, 6.07) is 1.87. The number of hydrogen-bond donors (Lipinski definition) is 3. The predicted octanol–water partition coefficient (Wildman–Crippen LogP) is 2.06. The molecule has 1 atom stereocenters. The molecular formula is C18H29F2N3O4S. The fourth-order valence-electron chi connectivity index (χ4n) is 2.41. The molecule has 0 aliphatic heterocycles. The van der Waals surface area contributed by atoms with Gasteiger partial charge in [-0.3, -0.25) is 0 Å². The average Bonchev–Trinajstić information content (AvgIpc) is 2.52. The van der Waals surface area contributed by atoms with Gasteiger partial charge in [-0.2, -0.15) is 0 Å². The second-order valence-electron chi connectivity index (χ2n) is 7.45. The first-order chi connectivity index (χ1) is 12.9. The number of hydrogen-bond acceptors (Lipinski definition) is 5. The lowest BCUT2D eigenvalue weighted by atomic mass is 10.1. The van der Waals surface area contributed by atoms with Crippen molar-refractivity contribution in [1.82, 2.24) is 10.0 Å². The van der Waals surface area contributed by atoms with Crippen molar-refractivity contribution in [2.45, 2.75) is 51.7 Å². The molecule has 1 unspecified atom stereocenters. The molecule has 1 rings (SSSR count). The van der Waals surface area contributed by atoms with E-state index in [9.17, 15) is 22.0 Å². The van der Waals surface area contributed by atoms with Gasteiger partial charge in [-0.1, -0.05) is 0 Å². The molecule has 0 heterocycles. The van der Waals surface area contributed by atoms with Gasteiger partial charge in [0.2, 0.25) is 10.0 Å². The highest BCUT2D eigenvalue weighted by Gasteiger charge is 2.25. The summed E-state index contributed by atoms with van der Waals surface area (Å²) in [5.41, 5.74) is 4.54. The second-order valence-corrected chi connectivity index (χ2v) is 9.31. The van der Waals surface area contributed by atoms with E-state index >= 15 is 0 Å². The zero-order chi connectivity index (χ0) is 21.4. The summed E-state index contributed by atoms with van der Waals surface area (Å²) < 4.78 is 59.6. The van der Waals surface area contributed by atoms with Crippen LogP contribution in [0.5, 0.6) is 0 Å². The van der Waals surface area contributed by atoms with Crippen LogP contribution in [0, 0.1) is 11.6 Å². The van der Waals surface area contributed by atoms with Crippen molar-refractivity contribution in [3.05, 3.63) is 35.4 Å². The highest BCUT2D eigenvalue weighted by molar-refractivity contribution is 7.89. The number of nitrogens with two attached hydrogens (primary N) is 1. The molecule has 0 spiro atoms. The Hall–Kier alpha value is -1.78. The lowest BCUT2D eigenvalue weighted by Crippen LogP contribution is -2.46. The summed E-state index contributed by atoms with van der Waals surface area (Å²) in [5.74, 6) is -1.86. The minimum absolute atomic E-state index is 0.0422. The van der Waals surface area contributed by atoms with E-state index in [1.165, 1.54) is 0 Å². The average molecular weight is 422 g/mol. The first kappa shape index (κ1) is 24.3. The molecule has 160 valence electrons. The number of halogens is 2. The van der Waals surface area contributed by atoms with Gasteiger partial charge < -0.3 is 15.8 Å². The molecule has 1 aromatic carbocycles. The van der Waals surface area contributed by atoms with Crippen LogP contribution in [-0.2, 0) is 21.2 Å². The van der Waals surface area contributed by atoms with Crippen LogP contribution in [0.3, 0.4) is 0 Å². The monoisotopic (exact) mass is 421 g/mol. The Bertz CT molecular complexity index is 752. The van der Waals surface area contributed by atoms with E-state index in [0.29, 0.717) is 19.4 Å². The Balaban J connectivity index is 2.90. The third-order valence-electron chi connectivity index (χ3n) is 3.57. The highest BCUT2D eigenvalue weighted by atomic mass is 32.2. The summed E-state index contributed by atoms with van der Waals surface area (Å²) in [6.07, 6.45) is 0.175. The largest absolute Gasteiger partial charge is 0.444 e. The van der Waals surface area contributed by atoms with Crippen molar-refractivity contribution < 1.29 is 26.7 Å². The van der Waals surface area contributed by atoms with Crippen LogP contribution < -0.4 is 15.8 Å². The molecule has 0 aliphatic rings. The number of nitrogens with one attached hydrogen (secondary N) is 2. The summed E-state index contributed by atoms with van der Waals surface area (Å²) in [6.45, 7) is 5.62. The van der Waals surface area contributed by atoms with E-state index in [1.807, 2.05) is 0 Å². The van der Waals surface area contributed by atoms with E-state index in [0.717, 1.165) is 18.2 Å². The van der Waals surface area contributed by atoms with E-state index in [4.69, 9.17) is 10.5 Å². The number of benzene rings is 1. The minimum Gasteiger partial charge on any atom is -0.444 e. The van der Waals surface area contributed by atoms with Crippen LogP contribution in [0.1, 0.15) is 39.2 Å². The van der Waals surface area contributed by atoms with Crippen LogP contribution in [0.15, 0.2) is 18.2 Å². The first-order valence-electron chi connectivity index (χ1n) is 9.03. The number of alkyl carbamates (subject to hydrolysis) is 1. The van der Waals surface area contributed by atoms with Gasteiger partial charge >= 0.3 is 6.09 Å². The Morgan fingerprint density at radius 3 is 2.54 bits per heavy atom. The van der Waals surface area contributed by atoms with Gasteiger partial charge in [0.15, 0.2) is 0 Å². The number of rotatable bonds is 10. The maximum atomic E-state index is 14.0. The molecule has 1 amide bonds. The highest BCUT2D eigenvalue weighted by Crippen LogP contribution is 2.14. The molecule has 0 fully saturated rings. The van der Waals surface area contributed by atoms with Crippen molar-refractivity contribution in [1.29, 1.82) is 0 Å². The van der Waals surface area contributed by atoms with E-state index < -0.39 is 45.1 Å². The Labute approximate surface area is 165 Å². The van der Waals surface area contributed by atoms with Crippen LogP contribution in [0.4, 0.5) is 13.6 Å². The standard InChI is InChI=1S/C18H29F2N3O4S/c1-18(2,3)27-17(24)23-15(11-13-10-14(19)6-7-16(13)20)12-28(25,26)22-9-5-4-8-21/h6-7,10,15,22H,4-5,8-9,11-12,21H2,1-3H3,(H,23,24). The van der Waals surface area contributed by atoms with Gasteiger partial charge in [-0.05, 0) is 70.3 Å². The second kappa shape index (κ2) is 10.7. The lowest BCUT2D eigenvalue weighted by Gasteiger charge is -2.24. The number of amides is 1. The van der Waals surface area contributed by atoms with Gasteiger partial charge in [-0.15, -0.1) is 0 Å². The molecule has 4 N–H and O–H groups in total. The van der Waals surface area contributed by atoms with Crippen molar-refractivity contribution in [3.63, 3.8) is 0 Å². The zero-order valence-electron chi connectivity index (χ0n) is 16.4. The fraction of sp³-hybridized carbons (Fsp3) is 0.611. The van der Waals surface area contributed by atoms with Crippen LogP contribution in [-0.4, -0.2) is 45.0 Å². The summed E-state index contributed by atoms with van der Waals surface area (Å²) in [4.78, 5) is 12.1. The van der Waals surface area contributed by atoms with Crippen LogP contribution in [0.25, 0.3) is 0 Å². The van der Waals surface area contributed by atoms with Crippen molar-refractivity contribution in [2.24, 2.45) is 5.73 Å². The first-order valence-corrected chi connectivity index (χ1v) is 10.7. The zero-order valence-corrected chi connectivity index (χ0v) is 17.2. The minimum atomic E-state index is -3.77. The molecule has 0 aromatic heterocycles. The van der Waals surface area contributed by atoms with Gasteiger partial charge in [-0.25, -0.2) is 26.7 Å². The number of carbonyl (C=O) groups is 1.